The third-order valence-electron chi connectivity index (χ3n) is 4.07. The van der Waals surface area contributed by atoms with Crippen LogP contribution in [0.3, 0.4) is 0 Å². The van der Waals surface area contributed by atoms with Crippen LogP contribution >= 0.6 is 11.6 Å². The Hall–Kier alpha value is -1.51. The number of rotatable bonds is 5. The van der Waals surface area contributed by atoms with Crippen molar-refractivity contribution in [3.05, 3.63) is 64.2 Å². The summed E-state index contributed by atoms with van der Waals surface area (Å²) in [7, 11) is 0. The summed E-state index contributed by atoms with van der Waals surface area (Å²) in [5.74, 6) is 0. The molecule has 3 heteroatoms. The molecule has 3 rings (SSSR count). The van der Waals surface area contributed by atoms with Crippen LogP contribution in [-0.2, 0) is 13.1 Å². The van der Waals surface area contributed by atoms with Crippen LogP contribution in [0.15, 0.2) is 42.5 Å². The molecule has 0 aromatic heterocycles. The number of halogens is 1. The highest BCUT2D eigenvalue weighted by atomic mass is 35.5. The second-order valence-electron chi connectivity index (χ2n) is 5.93. The van der Waals surface area contributed by atoms with E-state index >= 15 is 0 Å². The summed E-state index contributed by atoms with van der Waals surface area (Å²) in [6.45, 7) is 3.85. The number of para-hydroxylation sites is 1. The molecule has 0 aliphatic heterocycles. The highest BCUT2D eigenvalue weighted by Gasteiger charge is 2.29. The van der Waals surface area contributed by atoms with Crippen molar-refractivity contribution in [1.82, 2.24) is 4.90 Å². The van der Waals surface area contributed by atoms with Gasteiger partial charge in [0, 0.05) is 29.8 Å². The Morgan fingerprint density at radius 1 is 1.10 bits per heavy atom. The van der Waals surface area contributed by atoms with Crippen molar-refractivity contribution >= 4 is 17.3 Å². The molecule has 0 amide bonds. The van der Waals surface area contributed by atoms with E-state index in [9.17, 15) is 0 Å². The summed E-state index contributed by atoms with van der Waals surface area (Å²) in [5, 5.41) is 0.863. The number of hydrogen-bond acceptors (Lipinski definition) is 2. The molecule has 0 unspecified atom stereocenters. The second-order valence-corrected chi connectivity index (χ2v) is 6.34. The van der Waals surface area contributed by atoms with E-state index in [0.29, 0.717) is 6.04 Å². The molecule has 2 nitrogen and oxygen atoms in total. The van der Waals surface area contributed by atoms with Gasteiger partial charge in [0.05, 0.1) is 0 Å². The first-order valence-electron chi connectivity index (χ1n) is 7.46. The molecular formula is C18H21ClN2. The van der Waals surface area contributed by atoms with Crippen molar-refractivity contribution in [3.8, 4) is 0 Å². The number of nitrogens with two attached hydrogens (primary N) is 1. The van der Waals surface area contributed by atoms with Gasteiger partial charge >= 0.3 is 0 Å². The van der Waals surface area contributed by atoms with Crippen LogP contribution in [0.25, 0.3) is 0 Å². The molecule has 110 valence electrons. The Kier molecular flexibility index (Phi) is 4.18. The number of benzene rings is 2. The maximum absolute atomic E-state index is 6.38. The lowest BCUT2D eigenvalue weighted by Gasteiger charge is -2.23. The van der Waals surface area contributed by atoms with Gasteiger partial charge in [0.25, 0.3) is 0 Å². The average Bonchev–Trinajstić information content (AvgIpc) is 3.27. The fraction of sp³-hybridized carbons (Fsp3) is 0.333. The highest BCUT2D eigenvalue weighted by molar-refractivity contribution is 6.31. The first-order chi connectivity index (χ1) is 10.1. The van der Waals surface area contributed by atoms with Gasteiger partial charge in [-0.1, -0.05) is 41.9 Å². The van der Waals surface area contributed by atoms with Gasteiger partial charge in [-0.25, -0.2) is 0 Å². The van der Waals surface area contributed by atoms with Gasteiger partial charge in [-0.05, 0) is 48.6 Å². The SMILES string of the molecule is Cc1ccc(CN(Cc2ccccc2N)C2CC2)c(Cl)c1. The van der Waals surface area contributed by atoms with Crippen molar-refractivity contribution in [1.29, 1.82) is 0 Å². The Bertz CT molecular complexity index is 635. The fourth-order valence-corrected chi connectivity index (χ4v) is 2.95. The monoisotopic (exact) mass is 300 g/mol. The molecule has 2 aromatic carbocycles. The van der Waals surface area contributed by atoms with Crippen LogP contribution in [0, 0.1) is 6.92 Å². The quantitative estimate of drug-likeness (QED) is 0.830. The lowest BCUT2D eigenvalue weighted by Crippen LogP contribution is -2.25. The Labute approximate surface area is 131 Å². The topological polar surface area (TPSA) is 29.3 Å². The van der Waals surface area contributed by atoms with E-state index in [2.05, 4.69) is 36.1 Å². The number of nitrogens with zero attached hydrogens (tertiary/aromatic N) is 1. The largest absolute Gasteiger partial charge is 0.398 e. The van der Waals surface area contributed by atoms with E-state index in [1.165, 1.54) is 29.5 Å². The van der Waals surface area contributed by atoms with Crippen molar-refractivity contribution in [2.24, 2.45) is 0 Å². The maximum Gasteiger partial charge on any atom is 0.0453 e. The minimum atomic E-state index is 0.668. The van der Waals surface area contributed by atoms with E-state index in [-0.39, 0.29) is 0 Å². The predicted octanol–water partition coefficient (Wildman–Crippen LogP) is 4.40. The standard InChI is InChI=1S/C18H21ClN2/c1-13-6-7-14(17(19)10-13)11-21(16-8-9-16)12-15-4-2-3-5-18(15)20/h2-7,10,16H,8-9,11-12,20H2,1H3. The molecule has 0 spiro atoms. The zero-order valence-corrected chi connectivity index (χ0v) is 13.1. The smallest absolute Gasteiger partial charge is 0.0453 e. The van der Waals surface area contributed by atoms with Crippen molar-refractivity contribution in [2.75, 3.05) is 5.73 Å². The molecule has 1 aliphatic carbocycles. The van der Waals surface area contributed by atoms with Crippen LogP contribution in [0.1, 0.15) is 29.5 Å². The van der Waals surface area contributed by atoms with Gasteiger partial charge in [0.15, 0.2) is 0 Å². The summed E-state index contributed by atoms with van der Waals surface area (Å²) in [6, 6.07) is 15.1. The number of nitrogen functional groups attached to an aromatic ring is 1. The lowest BCUT2D eigenvalue weighted by molar-refractivity contribution is 0.246. The summed E-state index contributed by atoms with van der Waals surface area (Å²) in [4.78, 5) is 2.49. The Morgan fingerprint density at radius 3 is 2.48 bits per heavy atom. The van der Waals surface area contributed by atoms with E-state index in [0.717, 1.165) is 23.8 Å². The zero-order valence-electron chi connectivity index (χ0n) is 12.3. The van der Waals surface area contributed by atoms with Crippen LogP contribution in [0.2, 0.25) is 5.02 Å². The Morgan fingerprint density at radius 2 is 1.81 bits per heavy atom. The van der Waals surface area contributed by atoms with Crippen LogP contribution < -0.4 is 5.73 Å². The molecule has 21 heavy (non-hydrogen) atoms. The molecule has 1 fully saturated rings. The van der Waals surface area contributed by atoms with Crippen molar-refractivity contribution < 1.29 is 0 Å². The normalized spacial score (nSPS) is 14.6. The minimum absolute atomic E-state index is 0.668. The van der Waals surface area contributed by atoms with E-state index < -0.39 is 0 Å². The minimum Gasteiger partial charge on any atom is -0.398 e. The first-order valence-corrected chi connectivity index (χ1v) is 7.84. The summed E-state index contributed by atoms with van der Waals surface area (Å²) >= 11 is 6.38. The summed E-state index contributed by atoms with van der Waals surface area (Å²) in [6.07, 6.45) is 2.55. The molecule has 0 atom stereocenters. The predicted molar refractivity (Wildman–Crippen MR) is 89.3 cm³/mol. The van der Waals surface area contributed by atoms with Crippen LogP contribution in [0.4, 0.5) is 5.69 Å². The van der Waals surface area contributed by atoms with Gasteiger partial charge < -0.3 is 5.73 Å². The third-order valence-corrected chi connectivity index (χ3v) is 4.43. The van der Waals surface area contributed by atoms with Crippen molar-refractivity contribution in [2.45, 2.75) is 38.9 Å². The molecule has 1 saturated carbocycles. The zero-order chi connectivity index (χ0) is 14.8. The van der Waals surface area contributed by atoms with Gasteiger partial charge in [0.2, 0.25) is 0 Å². The molecule has 2 N–H and O–H groups in total. The van der Waals surface area contributed by atoms with Crippen molar-refractivity contribution in [3.63, 3.8) is 0 Å². The second kappa shape index (κ2) is 6.08. The van der Waals surface area contributed by atoms with Gasteiger partial charge in [-0.2, -0.15) is 0 Å². The number of aryl methyl sites for hydroxylation is 1. The highest BCUT2D eigenvalue weighted by Crippen LogP contribution is 2.32. The maximum atomic E-state index is 6.38. The summed E-state index contributed by atoms with van der Waals surface area (Å²) < 4.78 is 0. The molecule has 2 aromatic rings. The van der Waals surface area contributed by atoms with E-state index in [1.54, 1.807) is 0 Å². The lowest BCUT2D eigenvalue weighted by atomic mass is 10.1. The van der Waals surface area contributed by atoms with Crippen LogP contribution in [-0.4, -0.2) is 10.9 Å². The van der Waals surface area contributed by atoms with E-state index in [1.807, 2.05) is 18.2 Å². The molecule has 0 bridgehead atoms. The summed E-state index contributed by atoms with van der Waals surface area (Å²) in [5.41, 5.74) is 10.6. The average molecular weight is 301 g/mol. The van der Waals surface area contributed by atoms with Gasteiger partial charge in [-0.3, -0.25) is 4.90 Å². The molecule has 0 saturated heterocycles. The number of anilines is 1. The molecule has 0 heterocycles. The third kappa shape index (κ3) is 3.58. The molecule has 0 radical (unpaired) electrons. The molecule has 1 aliphatic rings. The van der Waals surface area contributed by atoms with Gasteiger partial charge in [0.1, 0.15) is 0 Å². The van der Waals surface area contributed by atoms with E-state index in [4.69, 9.17) is 17.3 Å². The number of hydrogen-bond donors (Lipinski definition) is 1. The molecular weight excluding hydrogens is 280 g/mol. The first kappa shape index (κ1) is 14.4. The fourth-order valence-electron chi connectivity index (χ4n) is 2.65. The van der Waals surface area contributed by atoms with Gasteiger partial charge in [-0.15, -0.1) is 0 Å². The van der Waals surface area contributed by atoms with Crippen LogP contribution in [0.5, 0.6) is 0 Å². The Balaban J connectivity index is 1.78.